The minimum absolute atomic E-state index is 0.115. The molecule has 2 heteroatoms. The highest BCUT2D eigenvalue weighted by Gasteiger charge is 2.05. The molecule has 0 bridgehead atoms. The SMILES string of the molecule is CC(C)CC(C)CCCC(C)O.CCCCC(CC)CC=CCO. The molecule has 24 heavy (non-hydrogen) atoms. The van der Waals surface area contributed by atoms with E-state index in [1.807, 2.05) is 13.0 Å². The third-order valence-electron chi connectivity index (χ3n) is 4.48. The third-order valence-corrected chi connectivity index (χ3v) is 4.48. The topological polar surface area (TPSA) is 40.5 Å². The first-order valence-electron chi connectivity index (χ1n) is 10.3. The zero-order chi connectivity index (χ0) is 18.8. The van der Waals surface area contributed by atoms with Crippen LogP contribution in [0.3, 0.4) is 0 Å². The molecule has 2 nitrogen and oxygen atoms in total. The molecule has 0 saturated carbocycles. The van der Waals surface area contributed by atoms with Gasteiger partial charge in [-0.05, 0) is 43.9 Å². The first-order chi connectivity index (χ1) is 11.4. The molecular formula is C22H46O2. The lowest BCUT2D eigenvalue weighted by Gasteiger charge is -2.13. The minimum atomic E-state index is -0.115. The maximum atomic E-state index is 9.05. The van der Waals surface area contributed by atoms with Crippen molar-refractivity contribution in [2.75, 3.05) is 6.61 Å². The van der Waals surface area contributed by atoms with Crippen LogP contribution in [-0.4, -0.2) is 22.9 Å². The minimum Gasteiger partial charge on any atom is -0.393 e. The molecule has 0 aliphatic rings. The Morgan fingerprint density at radius 3 is 2.00 bits per heavy atom. The van der Waals surface area contributed by atoms with Crippen LogP contribution in [0.15, 0.2) is 12.2 Å². The molecule has 0 amide bonds. The van der Waals surface area contributed by atoms with Gasteiger partial charge in [0.2, 0.25) is 0 Å². The zero-order valence-corrected chi connectivity index (χ0v) is 17.4. The van der Waals surface area contributed by atoms with Gasteiger partial charge in [0.1, 0.15) is 0 Å². The van der Waals surface area contributed by atoms with Crippen molar-refractivity contribution < 1.29 is 10.2 Å². The Bertz CT molecular complexity index is 259. The van der Waals surface area contributed by atoms with E-state index < -0.39 is 0 Å². The molecule has 0 saturated heterocycles. The van der Waals surface area contributed by atoms with E-state index in [4.69, 9.17) is 10.2 Å². The van der Waals surface area contributed by atoms with Crippen LogP contribution in [-0.2, 0) is 0 Å². The van der Waals surface area contributed by atoms with Crippen LogP contribution in [0.5, 0.6) is 0 Å². The van der Waals surface area contributed by atoms with E-state index >= 15 is 0 Å². The van der Waals surface area contributed by atoms with Crippen molar-refractivity contribution in [3.63, 3.8) is 0 Å². The molecule has 3 atom stereocenters. The summed E-state index contributed by atoms with van der Waals surface area (Å²) in [6, 6.07) is 0. The molecule has 146 valence electrons. The van der Waals surface area contributed by atoms with Gasteiger partial charge in [0.25, 0.3) is 0 Å². The van der Waals surface area contributed by atoms with Gasteiger partial charge in [-0.25, -0.2) is 0 Å². The van der Waals surface area contributed by atoms with Crippen molar-refractivity contribution in [1.82, 2.24) is 0 Å². The second kappa shape index (κ2) is 19.0. The quantitative estimate of drug-likeness (QED) is 0.382. The molecule has 0 aromatic heterocycles. The predicted molar refractivity (Wildman–Crippen MR) is 108 cm³/mol. The standard InChI is InChI=1S/C11H24O.C11H22O/c1-9(2)8-10(3)6-5-7-11(4)12;1-3-5-8-11(4-2)9-6-7-10-12/h9-12H,5-8H2,1-4H3;6-7,11-12H,3-5,8-10H2,1-2H3. The van der Waals surface area contributed by atoms with Crippen LogP contribution in [0.4, 0.5) is 0 Å². The average Bonchev–Trinajstić information content (AvgIpc) is 2.50. The van der Waals surface area contributed by atoms with E-state index in [2.05, 4.69) is 40.7 Å². The van der Waals surface area contributed by atoms with Crippen LogP contribution in [0.2, 0.25) is 0 Å². The predicted octanol–water partition coefficient (Wildman–Crippen LogP) is 6.36. The van der Waals surface area contributed by atoms with E-state index in [0.29, 0.717) is 0 Å². The Kier molecular flexibility index (Phi) is 20.5. The highest BCUT2D eigenvalue weighted by molar-refractivity contribution is 4.83. The van der Waals surface area contributed by atoms with Crippen molar-refractivity contribution >= 4 is 0 Å². The van der Waals surface area contributed by atoms with Crippen LogP contribution < -0.4 is 0 Å². The number of rotatable bonds is 13. The third kappa shape index (κ3) is 21.7. The number of hydrogen-bond donors (Lipinski definition) is 2. The Balaban J connectivity index is 0. The Morgan fingerprint density at radius 2 is 1.54 bits per heavy atom. The summed E-state index contributed by atoms with van der Waals surface area (Å²) < 4.78 is 0. The summed E-state index contributed by atoms with van der Waals surface area (Å²) in [6.45, 7) is 13.4. The molecule has 0 aliphatic heterocycles. The summed E-state index contributed by atoms with van der Waals surface area (Å²) in [5.41, 5.74) is 0. The van der Waals surface area contributed by atoms with Gasteiger partial charge in [-0.1, -0.05) is 85.3 Å². The van der Waals surface area contributed by atoms with Gasteiger partial charge in [-0.2, -0.15) is 0 Å². The maximum Gasteiger partial charge on any atom is 0.0612 e. The monoisotopic (exact) mass is 342 g/mol. The van der Waals surface area contributed by atoms with Crippen LogP contribution in [0.1, 0.15) is 99.3 Å². The van der Waals surface area contributed by atoms with Crippen molar-refractivity contribution in [1.29, 1.82) is 0 Å². The number of allylic oxidation sites excluding steroid dienone is 1. The molecule has 0 fully saturated rings. The molecule has 3 unspecified atom stereocenters. The van der Waals surface area contributed by atoms with E-state index in [9.17, 15) is 0 Å². The van der Waals surface area contributed by atoms with Gasteiger partial charge in [0.15, 0.2) is 0 Å². The summed E-state index contributed by atoms with van der Waals surface area (Å²) in [6.07, 6.45) is 14.9. The summed E-state index contributed by atoms with van der Waals surface area (Å²) in [7, 11) is 0. The van der Waals surface area contributed by atoms with E-state index in [1.54, 1.807) is 0 Å². The molecule has 0 aromatic carbocycles. The van der Waals surface area contributed by atoms with Gasteiger partial charge in [-0.3, -0.25) is 0 Å². The summed E-state index contributed by atoms with van der Waals surface area (Å²) in [5, 5.41) is 17.6. The van der Waals surface area contributed by atoms with Gasteiger partial charge in [0.05, 0.1) is 12.7 Å². The molecule has 0 spiro atoms. The van der Waals surface area contributed by atoms with E-state index in [0.717, 1.165) is 30.6 Å². The maximum absolute atomic E-state index is 9.05. The second-order valence-corrected chi connectivity index (χ2v) is 7.82. The first-order valence-corrected chi connectivity index (χ1v) is 10.3. The van der Waals surface area contributed by atoms with Gasteiger partial charge >= 0.3 is 0 Å². The normalized spacial score (nSPS) is 15.2. The van der Waals surface area contributed by atoms with Gasteiger partial charge in [0, 0.05) is 0 Å². The largest absolute Gasteiger partial charge is 0.393 e. The average molecular weight is 343 g/mol. The van der Waals surface area contributed by atoms with Gasteiger partial charge < -0.3 is 10.2 Å². The fourth-order valence-electron chi connectivity index (χ4n) is 3.03. The van der Waals surface area contributed by atoms with Gasteiger partial charge in [-0.15, -0.1) is 0 Å². The highest BCUT2D eigenvalue weighted by atomic mass is 16.3. The zero-order valence-electron chi connectivity index (χ0n) is 17.4. The van der Waals surface area contributed by atoms with Crippen molar-refractivity contribution in [2.45, 2.75) is 105 Å². The van der Waals surface area contributed by atoms with Crippen LogP contribution >= 0.6 is 0 Å². The molecular weight excluding hydrogens is 296 g/mol. The Labute approximate surface area is 152 Å². The number of hydrogen-bond acceptors (Lipinski definition) is 2. The van der Waals surface area contributed by atoms with Crippen LogP contribution in [0.25, 0.3) is 0 Å². The smallest absolute Gasteiger partial charge is 0.0612 e. The molecule has 0 aliphatic carbocycles. The van der Waals surface area contributed by atoms with E-state index in [-0.39, 0.29) is 12.7 Å². The van der Waals surface area contributed by atoms with E-state index in [1.165, 1.54) is 44.9 Å². The molecule has 2 N–H and O–H groups in total. The fourth-order valence-corrected chi connectivity index (χ4v) is 3.03. The molecule has 0 rings (SSSR count). The van der Waals surface area contributed by atoms with Crippen molar-refractivity contribution in [3.05, 3.63) is 12.2 Å². The van der Waals surface area contributed by atoms with Crippen molar-refractivity contribution in [3.8, 4) is 0 Å². The molecule has 0 aromatic rings. The van der Waals surface area contributed by atoms with Crippen molar-refractivity contribution in [2.24, 2.45) is 17.8 Å². The molecule has 0 heterocycles. The summed E-state index contributed by atoms with van der Waals surface area (Å²) in [4.78, 5) is 0. The lowest BCUT2D eigenvalue weighted by atomic mass is 9.94. The second-order valence-electron chi connectivity index (χ2n) is 7.82. The summed E-state index contributed by atoms with van der Waals surface area (Å²) >= 11 is 0. The Hall–Kier alpha value is -0.340. The lowest BCUT2D eigenvalue weighted by Crippen LogP contribution is -2.03. The lowest BCUT2D eigenvalue weighted by molar-refractivity contribution is 0.177. The number of aliphatic hydroxyl groups is 2. The number of aliphatic hydroxyl groups excluding tert-OH is 2. The highest BCUT2D eigenvalue weighted by Crippen LogP contribution is 2.18. The van der Waals surface area contributed by atoms with Crippen LogP contribution in [0, 0.1) is 17.8 Å². The Morgan fingerprint density at radius 1 is 0.875 bits per heavy atom. The molecule has 0 radical (unpaired) electrons. The fraction of sp³-hybridized carbons (Fsp3) is 0.909. The summed E-state index contributed by atoms with van der Waals surface area (Å²) in [5.74, 6) is 2.46. The number of unbranched alkanes of at least 4 members (excludes halogenated alkanes) is 1. The first kappa shape index (κ1) is 25.9.